The maximum Gasteiger partial charge on any atom is 0.323 e. The third kappa shape index (κ3) is 6.15. The molecule has 1 rings (SSSR count). The van der Waals surface area contributed by atoms with Gasteiger partial charge in [0, 0.05) is 0 Å². The van der Waals surface area contributed by atoms with Crippen LogP contribution < -0.4 is 9.61 Å². The Bertz CT molecular complexity index is 516. The lowest BCUT2D eigenvalue weighted by Gasteiger charge is -2.23. The molecule has 6 heteroatoms. The molecular formula is C15H22NO4P. The van der Waals surface area contributed by atoms with Crippen LogP contribution in [0.2, 0.25) is 0 Å². The molecule has 0 aliphatic rings. The molecule has 0 saturated carbocycles. The first kappa shape index (κ1) is 17.5. The first-order valence-corrected chi connectivity index (χ1v) is 8.60. The maximum absolute atomic E-state index is 12.8. The number of carbonyl (C=O) groups is 1. The number of para-hydroxylation sites is 1. The molecule has 0 saturated heterocycles. The molecule has 0 aliphatic carbocycles. The summed E-state index contributed by atoms with van der Waals surface area (Å²) in [6, 6.07) is 8.07. The Labute approximate surface area is 125 Å². The Morgan fingerprint density at radius 1 is 1.33 bits per heavy atom. The molecule has 0 radical (unpaired) electrons. The van der Waals surface area contributed by atoms with Crippen molar-refractivity contribution in [3.63, 3.8) is 0 Å². The summed E-state index contributed by atoms with van der Waals surface area (Å²) in [4.78, 5) is 11.8. The first-order chi connectivity index (χ1) is 9.86. The molecule has 5 nitrogen and oxygen atoms in total. The molecular weight excluding hydrogens is 289 g/mol. The van der Waals surface area contributed by atoms with Crippen molar-refractivity contribution in [3.05, 3.63) is 43.0 Å². The van der Waals surface area contributed by atoms with Gasteiger partial charge in [0.05, 0.1) is 12.3 Å². The van der Waals surface area contributed by atoms with Crippen molar-refractivity contribution in [1.82, 2.24) is 5.09 Å². The number of esters is 1. The Hall–Kier alpha value is -1.58. The number of hydrogen-bond donors (Lipinski definition) is 1. The third-order valence-electron chi connectivity index (χ3n) is 2.46. The van der Waals surface area contributed by atoms with Gasteiger partial charge in [-0.25, -0.2) is 5.09 Å². The molecule has 0 bridgehead atoms. The van der Waals surface area contributed by atoms with Crippen LogP contribution in [0, 0.1) is 0 Å². The van der Waals surface area contributed by atoms with E-state index in [0.29, 0.717) is 5.75 Å². The van der Waals surface area contributed by atoms with Crippen LogP contribution >= 0.6 is 7.52 Å². The Balaban J connectivity index is 2.78. The number of hydrogen-bond acceptors (Lipinski definition) is 4. The largest absolute Gasteiger partial charge is 0.462 e. The van der Waals surface area contributed by atoms with Crippen molar-refractivity contribution in [3.8, 4) is 5.75 Å². The number of ether oxygens (including phenoxy) is 1. The van der Waals surface area contributed by atoms with E-state index in [-0.39, 0.29) is 12.3 Å². The van der Waals surface area contributed by atoms with Gasteiger partial charge < -0.3 is 9.26 Å². The molecule has 2 atom stereocenters. The molecule has 0 spiro atoms. The predicted molar refractivity (Wildman–Crippen MR) is 83.6 cm³/mol. The maximum atomic E-state index is 12.8. The van der Waals surface area contributed by atoms with Crippen molar-refractivity contribution in [2.75, 3.05) is 6.16 Å². The van der Waals surface area contributed by atoms with Gasteiger partial charge in [0.1, 0.15) is 11.8 Å². The number of nitrogens with one attached hydrogen (secondary N) is 1. The minimum Gasteiger partial charge on any atom is -0.462 e. The molecule has 0 heterocycles. The monoisotopic (exact) mass is 311 g/mol. The number of rotatable bonds is 8. The van der Waals surface area contributed by atoms with Gasteiger partial charge in [0.15, 0.2) is 0 Å². The highest BCUT2D eigenvalue weighted by Gasteiger charge is 2.29. The second-order valence-corrected chi connectivity index (χ2v) is 7.04. The molecule has 0 fully saturated rings. The summed E-state index contributed by atoms with van der Waals surface area (Å²) < 4.78 is 23.4. The van der Waals surface area contributed by atoms with E-state index in [2.05, 4.69) is 11.7 Å². The van der Waals surface area contributed by atoms with E-state index in [1.54, 1.807) is 45.0 Å². The van der Waals surface area contributed by atoms with E-state index in [9.17, 15) is 9.36 Å². The second kappa shape index (κ2) is 8.01. The second-order valence-electron chi connectivity index (χ2n) is 4.89. The fourth-order valence-corrected chi connectivity index (χ4v) is 3.35. The van der Waals surface area contributed by atoms with Crippen molar-refractivity contribution in [2.45, 2.75) is 32.9 Å². The highest BCUT2D eigenvalue weighted by molar-refractivity contribution is 7.57. The minimum absolute atomic E-state index is 0.112. The number of carbonyl (C=O) groups excluding carboxylic acids is 1. The zero-order valence-corrected chi connectivity index (χ0v) is 13.5. The van der Waals surface area contributed by atoms with E-state index in [1.807, 2.05) is 6.07 Å². The van der Waals surface area contributed by atoms with Crippen molar-refractivity contribution in [1.29, 1.82) is 0 Å². The Morgan fingerprint density at radius 2 is 1.95 bits per heavy atom. The molecule has 1 aromatic rings. The summed E-state index contributed by atoms with van der Waals surface area (Å²) >= 11 is 0. The van der Waals surface area contributed by atoms with Gasteiger partial charge in [0.25, 0.3) is 0 Å². The van der Waals surface area contributed by atoms with Crippen LogP contribution in [0.15, 0.2) is 43.0 Å². The zero-order valence-electron chi connectivity index (χ0n) is 12.6. The van der Waals surface area contributed by atoms with Crippen LogP contribution in [0.3, 0.4) is 0 Å². The summed E-state index contributed by atoms with van der Waals surface area (Å²) in [5, 5.41) is 2.74. The molecule has 1 unspecified atom stereocenters. The van der Waals surface area contributed by atoms with Crippen molar-refractivity contribution >= 4 is 13.5 Å². The van der Waals surface area contributed by atoms with Gasteiger partial charge in [0.2, 0.25) is 0 Å². The van der Waals surface area contributed by atoms with Crippen LogP contribution in [0.5, 0.6) is 5.75 Å². The SMILES string of the molecule is C=CCP(=O)(N[C@@H](C)C(=O)OC(C)C)Oc1ccccc1. The third-order valence-corrected chi connectivity index (χ3v) is 4.49. The molecule has 0 amide bonds. The minimum atomic E-state index is -3.26. The lowest BCUT2D eigenvalue weighted by atomic mass is 10.3. The molecule has 1 aromatic carbocycles. The molecule has 21 heavy (non-hydrogen) atoms. The quantitative estimate of drug-likeness (QED) is 0.453. The van der Waals surface area contributed by atoms with Crippen LogP contribution in [-0.4, -0.2) is 24.3 Å². The summed E-state index contributed by atoms with van der Waals surface area (Å²) in [6.07, 6.45) is 1.38. The smallest absolute Gasteiger partial charge is 0.323 e. The average molecular weight is 311 g/mol. The van der Waals surface area contributed by atoms with Crippen LogP contribution in [-0.2, 0) is 14.1 Å². The summed E-state index contributed by atoms with van der Waals surface area (Å²) in [5.74, 6) is 0.00515. The van der Waals surface area contributed by atoms with Crippen molar-refractivity contribution < 1.29 is 18.6 Å². The topological polar surface area (TPSA) is 64.6 Å². The zero-order chi connectivity index (χ0) is 15.9. The molecule has 116 valence electrons. The fourth-order valence-electron chi connectivity index (χ4n) is 1.62. The number of benzene rings is 1. The standard InChI is InChI=1S/C15H22NO4P/c1-5-11-21(18,20-14-9-7-6-8-10-14)16-13(4)15(17)19-12(2)3/h5-10,12-13H,1,11H2,2-4H3,(H,16,18)/t13-,21?/m0/s1. The van der Waals surface area contributed by atoms with Crippen LogP contribution in [0.4, 0.5) is 0 Å². The van der Waals surface area contributed by atoms with Crippen LogP contribution in [0.1, 0.15) is 20.8 Å². The van der Waals surface area contributed by atoms with E-state index in [1.165, 1.54) is 6.08 Å². The Morgan fingerprint density at radius 3 is 2.48 bits per heavy atom. The summed E-state index contributed by atoms with van der Waals surface area (Å²) in [6.45, 7) is 8.69. The van der Waals surface area contributed by atoms with E-state index < -0.39 is 19.5 Å². The van der Waals surface area contributed by atoms with Gasteiger partial charge >= 0.3 is 13.5 Å². The highest BCUT2D eigenvalue weighted by atomic mass is 31.2. The average Bonchev–Trinajstić information content (AvgIpc) is 2.38. The lowest BCUT2D eigenvalue weighted by Crippen LogP contribution is -2.36. The summed E-state index contributed by atoms with van der Waals surface area (Å²) in [5.41, 5.74) is 0. The number of allylic oxidation sites excluding steroid dienone is 1. The van der Waals surface area contributed by atoms with E-state index in [4.69, 9.17) is 9.26 Å². The van der Waals surface area contributed by atoms with Crippen molar-refractivity contribution in [2.24, 2.45) is 0 Å². The fraction of sp³-hybridized carbons (Fsp3) is 0.400. The van der Waals surface area contributed by atoms with Gasteiger partial charge in [-0.05, 0) is 32.9 Å². The van der Waals surface area contributed by atoms with E-state index >= 15 is 0 Å². The van der Waals surface area contributed by atoms with Gasteiger partial charge in [-0.1, -0.05) is 24.3 Å². The summed E-state index contributed by atoms with van der Waals surface area (Å²) in [7, 11) is -3.26. The highest BCUT2D eigenvalue weighted by Crippen LogP contribution is 2.43. The van der Waals surface area contributed by atoms with Crippen LogP contribution in [0.25, 0.3) is 0 Å². The Kier molecular flexibility index (Phi) is 6.66. The first-order valence-electron chi connectivity index (χ1n) is 6.79. The molecule has 0 aromatic heterocycles. The van der Waals surface area contributed by atoms with Gasteiger partial charge in [-0.2, -0.15) is 0 Å². The van der Waals surface area contributed by atoms with Gasteiger partial charge in [-0.3, -0.25) is 9.36 Å². The predicted octanol–water partition coefficient (Wildman–Crippen LogP) is 3.37. The normalized spacial score (nSPS) is 15.0. The van der Waals surface area contributed by atoms with Gasteiger partial charge in [-0.15, -0.1) is 6.58 Å². The molecule has 0 aliphatic heterocycles. The lowest BCUT2D eigenvalue weighted by molar-refractivity contribution is -0.149. The molecule has 1 N–H and O–H groups in total. The van der Waals surface area contributed by atoms with E-state index in [0.717, 1.165) is 0 Å².